The van der Waals surface area contributed by atoms with Gasteiger partial charge in [0.05, 0.1) is 10.5 Å². The zero-order valence-electron chi connectivity index (χ0n) is 16.3. The molecule has 0 aliphatic heterocycles. The first kappa shape index (κ1) is 22.6. The number of nitro benzene ring substituents is 1. The van der Waals surface area contributed by atoms with Crippen LogP contribution in [0.4, 0.5) is 5.69 Å². The highest BCUT2D eigenvalue weighted by Crippen LogP contribution is 2.30. The van der Waals surface area contributed by atoms with Crippen molar-refractivity contribution in [1.29, 1.82) is 0 Å². The van der Waals surface area contributed by atoms with E-state index in [0.29, 0.717) is 10.0 Å². The topological polar surface area (TPSA) is 136 Å². The fourth-order valence-corrected chi connectivity index (χ4v) is 3.30. The molecule has 3 aromatic rings. The first-order valence-electron chi connectivity index (χ1n) is 9.12. The summed E-state index contributed by atoms with van der Waals surface area (Å²) in [7, 11) is 0. The number of esters is 1. The van der Waals surface area contributed by atoms with Crippen LogP contribution in [0.25, 0.3) is 0 Å². The molecule has 0 radical (unpaired) electrons. The Labute approximate surface area is 189 Å². The second-order valence-electron chi connectivity index (χ2n) is 6.49. The molecule has 10 heteroatoms. The molecule has 0 aromatic heterocycles. The van der Waals surface area contributed by atoms with Gasteiger partial charge in [-0.15, -0.1) is 0 Å². The van der Waals surface area contributed by atoms with Crippen molar-refractivity contribution in [3.05, 3.63) is 104 Å². The van der Waals surface area contributed by atoms with Crippen LogP contribution in [0.5, 0.6) is 5.75 Å². The van der Waals surface area contributed by atoms with Crippen LogP contribution in [0, 0.1) is 10.1 Å². The monoisotopic (exact) mass is 498 g/mol. The molecule has 0 aliphatic carbocycles. The molecule has 0 aliphatic rings. The third kappa shape index (κ3) is 5.35. The number of nitrogens with zero attached hydrogens (tertiary/aromatic N) is 1. The Balaban J connectivity index is 1.89. The van der Waals surface area contributed by atoms with Gasteiger partial charge < -0.3 is 15.2 Å². The molecule has 0 unspecified atom stereocenters. The number of halogens is 1. The van der Waals surface area contributed by atoms with Gasteiger partial charge in [0.2, 0.25) is 0 Å². The van der Waals surface area contributed by atoms with E-state index in [2.05, 4.69) is 21.2 Å². The number of carboxylic acid groups (broad SMARTS) is 1. The van der Waals surface area contributed by atoms with Crippen LogP contribution in [-0.2, 0) is 6.54 Å². The Morgan fingerprint density at radius 1 is 1.00 bits per heavy atom. The minimum Gasteiger partial charge on any atom is -0.478 e. The quantitative estimate of drug-likeness (QED) is 0.215. The third-order valence-corrected chi connectivity index (χ3v) is 4.80. The molecule has 9 nitrogen and oxygen atoms in total. The molecule has 3 aromatic carbocycles. The largest absolute Gasteiger partial charge is 0.478 e. The fraction of sp³-hybridized carbons (Fsp3) is 0.0455. The summed E-state index contributed by atoms with van der Waals surface area (Å²) in [6.07, 6.45) is 0. The lowest BCUT2D eigenvalue weighted by molar-refractivity contribution is -0.384. The van der Waals surface area contributed by atoms with Crippen molar-refractivity contribution in [2.24, 2.45) is 0 Å². The number of hydrogen-bond acceptors (Lipinski definition) is 6. The molecule has 32 heavy (non-hydrogen) atoms. The van der Waals surface area contributed by atoms with Crippen molar-refractivity contribution in [2.75, 3.05) is 0 Å². The third-order valence-electron chi connectivity index (χ3n) is 4.34. The number of hydrogen-bond donors (Lipinski definition) is 2. The number of amides is 1. The average Bonchev–Trinajstić information content (AvgIpc) is 2.79. The Hall–Kier alpha value is -4.05. The second kappa shape index (κ2) is 9.84. The van der Waals surface area contributed by atoms with Crippen molar-refractivity contribution in [3.63, 3.8) is 0 Å². The molecule has 1 amide bonds. The molecule has 0 spiro atoms. The van der Waals surface area contributed by atoms with Crippen LogP contribution < -0.4 is 10.1 Å². The lowest BCUT2D eigenvalue weighted by Crippen LogP contribution is -2.24. The van der Waals surface area contributed by atoms with E-state index in [0.717, 1.165) is 12.1 Å². The number of non-ortho nitro benzene ring substituents is 1. The SMILES string of the molecule is O=C(NCc1cc(Br)cc(C(=O)O)c1OC(=O)c1ccc([N+](=O)[O-])cc1)c1ccccc1. The van der Waals surface area contributed by atoms with E-state index in [1.54, 1.807) is 30.3 Å². The maximum Gasteiger partial charge on any atom is 0.343 e. The van der Waals surface area contributed by atoms with E-state index < -0.39 is 22.8 Å². The number of rotatable bonds is 7. The van der Waals surface area contributed by atoms with Gasteiger partial charge in [-0.3, -0.25) is 14.9 Å². The first-order valence-corrected chi connectivity index (χ1v) is 9.91. The van der Waals surface area contributed by atoms with E-state index >= 15 is 0 Å². The number of carbonyl (C=O) groups excluding carboxylic acids is 2. The number of benzene rings is 3. The number of aromatic carboxylic acids is 1. The lowest BCUT2D eigenvalue weighted by atomic mass is 10.1. The smallest absolute Gasteiger partial charge is 0.343 e. The van der Waals surface area contributed by atoms with E-state index in [4.69, 9.17) is 4.74 Å². The minimum absolute atomic E-state index is 0.00544. The highest BCUT2D eigenvalue weighted by molar-refractivity contribution is 9.10. The molecule has 0 atom stereocenters. The van der Waals surface area contributed by atoms with E-state index in [9.17, 15) is 29.6 Å². The Morgan fingerprint density at radius 3 is 2.25 bits per heavy atom. The maximum atomic E-state index is 12.6. The molecule has 0 bridgehead atoms. The number of carboxylic acids is 1. The summed E-state index contributed by atoms with van der Waals surface area (Å²) in [6, 6.07) is 15.9. The van der Waals surface area contributed by atoms with Crippen molar-refractivity contribution >= 4 is 39.5 Å². The second-order valence-corrected chi connectivity index (χ2v) is 7.40. The molecule has 2 N–H and O–H groups in total. The van der Waals surface area contributed by atoms with E-state index in [1.807, 2.05) is 0 Å². The zero-order valence-corrected chi connectivity index (χ0v) is 17.9. The van der Waals surface area contributed by atoms with Crippen LogP contribution >= 0.6 is 15.9 Å². The normalized spacial score (nSPS) is 10.3. The lowest BCUT2D eigenvalue weighted by Gasteiger charge is -2.14. The van der Waals surface area contributed by atoms with Gasteiger partial charge in [-0.2, -0.15) is 0 Å². The Bertz CT molecular complexity index is 1190. The predicted octanol–water partition coefficient (Wildman–Crippen LogP) is 4.20. The summed E-state index contributed by atoms with van der Waals surface area (Å²) in [5.74, 6) is -2.87. The molecule has 0 saturated carbocycles. The number of carbonyl (C=O) groups is 3. The summed E-state index contributed by atoms with van der Waals surface area (Å²) in [6.45, 7) is -0.115. The van der Waals surface area contributed by atoms with Gasteiger partial charge in [0.1, 0.15) is 5.56 Å². The van der Waals surface area contributed by atoms with Gasteiger partial charge in [0.25, 0.3) is 11.6 Å². The Kier molecular flexibility index (Phi) is 6.96. The standard InChI is InChI=1S/C22H15BrN2O7/c23-16-10-15(12-24-20(26)13-4-2-1-3-5-13)19(18(11-16)21(27)28)32-22(29)14-6-8-17(9-7-14)25(30)31/h1-11H,12H2,(H,24,26)(H,27,28). The molecule has 0 heterocycles. The van der Waals surface area contributed by atoms with Gasteiger partial charge in [-0.25, -0.2) is 9.59 Å². The summed E-state index contributed by atoms with van der Waals surface area (Å²) < 4.78 is 5.77. The van der Waals surface area contributed by atoms with E-state index in [-0.39, 0.29) is 34.7 Å². The van der Waals surface area contributed by atoms with Gasteiger partial charge in [0, 0.05) is 34.3 Å². The van der Waals surface area contributed by atoms with Gasteiger partial charge >= 0.3 is 11.9 Å². The summed E-state index contributed by atoms with van der Waals surface area (Å²) in [5.41, 5.74) is 0.148. The predicted molar refractivity (Wildman–Crippen MR) is 117 cm³/mol. The number of ether oxygens (including phenoxy) is 1. The van der Waals surface area contributed by atoms with Crippen molar-refractivity contribution in [3.8, 4) is 5.75 Å². The highest BCUT2D eigenvalue weighted by atomic mass is 79.9. The minimum atomic E-state index is -1.34. The summed E-state index contributed by atoms with van der Waals surface area (Å²) in [4.78, 5) is 46.9. The molecule has 162 valence electrons. The molecular weight excluding hydrogens is 484 g/mol. The van der Waals surface area contributed by atoms with Crippen LogP contribution in [-0.4, -0.2) is 27.9 Å². The number of nitro groups is 1. The highest BCUT2D eigenvalue weighted by Gasteiger charge is 2.22. The van der Waals surface area contributed by atoms with Crippen molar-refractivity contribution in [1.82, 2.24) is 5.32 Å². The maximum absolute atomic E-state index is 12.6. The molecular formula is C22H15BrN2O7. The summed E-state index contributed by atoms with van der Waals surface area (Å²) in [5, 5.41) is 23.0. The van der Waals surface area contributed by atoms with Crippen molar-refractivity contribution in [2.45, 2.75) is 6.54 Å². The zero-order chi connectivity index (χ0) is 23.3. The van der Waals surface area contributed by atoms with Gasteiger partial charge in [0.15, 0.2) is 5.75 Å². The van der Waals surface area contributed by atoms with Crippen LogP contribution in [0.15, 0.2) is 71.2 Å². The molecule has 0 fully saturated rings. The number of nitrogens with one attached hydrogen (secondary N) is 1. The molecule has 0 saturated heterocycles. The first-order chi connectivity index (χ1) is 15.3. The average molecular weight is 499 g/mol. The van der Waals surface area contributed by atoms with Crippen LogP contribution in [0.1, 0.15) is 36.6 Å². The van der Waals surface area contributed by atoms with Crippen LogP contribution in [0.3, 0.4) is 0 Å². The Morgan fingerprint density at radius 2 is 1.66 bits per heavy atom. The van der Waals surface area contributed by atoms with Gasteiger partial charge in [-0.05, 0) is 36.4 Å². The van der Waals surface area contributed by atoms with Crippen LogP contribution in [0.2, 0.25) is 0 Å². The van der Waals surface area contributed by atoms with Gasteiger partial charge in [-0.1, -0.05) is 34.1 Å². The van der Waals surface area contributed by atoms with E-state index in [1.165, 1.54) is 24.3 Å². The fourth-order valence-electron chi connectivity index (χ4n) is 2.80. The summed E-state index contributed by atoms with van der Waals surface area (Å²) >= 11 is 3.22. The molecule has 3 rings (SSSR count). The van der Waals surface area contributed by atoms with Crippen molar-refractivity contribution < 1.29 is 29.2 Å².